The van der Waals surface area contributed by atoms with Crippen LogP contribution in [-0.4, -0.2) is 36.2 Å². The average Bonchev–Trinajstić information content (AvgIpc) is 3.19. The Hall–Kier alpha value is -3.80. The minimum absolute atomic E-state index is 0.0139. The van der Waals surface area contributed by atoms with Crippen LogP contribution in [0, 0.1) is 0 Å². The molecule has 1 N–H and O–H groups in total. The minimum Gasteiger partial charge on any atom is -0.493 e. The van der Waals surface area contributed by atoms with Gasteiger partial charge in [-0.2, -0.15) is 0 Å². The molecule has 6 nitrogen and oxygen atoms in total. The van der Waals surface area contributed by atoms with Crippen molar-refractivity contribution in [2.45, 2.75) is 25.8 Å². The molecule has 4 aromatic rings. The Morgan fingerprint density at radius 2 is 1.67 bits per heavy atom. The van der Waals surface area contributed by atoms with Gasteiger partial charge in [0.05, 0.1) is 31.7 Å². The number of hydrogen-bond donors (Lipinski definition) is 1. The van der Waals surface area contributed by atoms with Crippen molar-refractivity contribution < 1.29 is 14.3 Å². The second kappa shape index (κ2) is 10.7. The summed E-state index contributed by atoms with van der Waals surface area (Å²) in [4.78, 5) is 17.3. The summed E-state index contributed by atoms with van der Waals surface area (Å²) in [6.07, 6.45) is 1.90. The van der Waals surface area contributed by atoms with E-state index in [2.05, 4.69) is 40.2 Å². The first-order valence-electron chi connectivity index (χ1n) is 11.1. The van der Waals surface area contributed by atoms with Crippen LogP contribution in [-0.2, 0) is 24.2 Å². The number of aryl methyl sites for hydroxylation is 1. The van der Waals surface area contributed by atoms with Gasteiger partial charge in [-0.3, -0.25) is 4.79 Å². The summed E-state index contributed by atoms with van der Waals surface area (Å²) in [6.45, 7) is 1.38. The third-order valence-corrected chi connectivity index (χ3v) is 5.63. The second-order valence-electron chi connectivity index (χ2n) is 7.91. The van der Waals surface area contributed by atoms with Gasteiger partial charge in [-0.15, -0.1) is 0 Å². The fraction of sp³-hybridized carbons (Fsp3) is 0.259. The van der Waals surface area contributed by atoms with Crippen molar-refractivity contribution in [3.8, 4) is 11.5 Å². The zero-order chi connectivity index (χ0) is 23.0. The van der Waals surface area contributed by atoms with Gasteiger partial charge < -0.3 is 19.4 Å². The molecule has 0 saturated heterocycles. The molecule has 1 amide bonds. The van der Waals surface area contributed by atoms with Crippen LogP contribution in [0.5, 0.6) is 11.5 Å². The van der Waals surface area contributed by atoms with E-state index in [-0.39, 0.29) is 5.91 Å². The molecule has 0 aliphatic rings. The van der Waals surface area contributed by atoms with Crippen LogP contribution in [0.1, 0.15) is 23.4 Å². The number of nitrogens with one attached hydrogen (secondary N) is 1. The summed E-state index contributed by atoms with van der Waals surface area (Å²) < 4.78 is 12.8. The van der Waals surface area contributed by atoms with Gasteiger partial charge in [0.2, 0.25) is 5.91 Å². The van der Waals surface area contributed by atoms with Gasteiger partial charge in [0, 0.05) is 19.5 Å². The molecule has 1 heterocycles. The fourth-order valence-electron chi connectivity index (χ4n) is 3.97. The van der Waals surface area contributed by atoms with Gasteiger partial charge >= 0.3 is 0 Å². The lowest BCUT2D eigenvalue weighted by atomic mass is 10.1. The van der Waals surface area contributed by atoms with Crippen molar-refractivity contribution in [1.82, 2.24) is 14.9 Å². The highest BCUT2D eigenvalue weighted by molar-refractivity contribution is 5.79. The third-order valence-electron chi connectivity index (χ3n) is 5.63. The topological polar surface area (TPSA) is 65.4 Å². The third kappa shape index (κ3) is 5.52. The van der Waals surface area contributed by atoms with Gasteiger partial charge in [0.15, 0.2) is 11.5 Å². The number of ether oxygens (including phenoxy) is 2. The van der Waals surface area contributed by atoms with Gasteiger partial charge in [-0.25, -0.2) is 4.98 Å². The molecule has 4 rings (SSSR count). The molecule has 1 aromatic heterocycles. The van der Waals surface area contributed by atoms with Crippen LogP contribution in [0.25, 0.3) is 11.0 Å². The van der Waals surface area contributed by atoms with E-state index in [1.54, 1.807) is 14.2 Å². The molecule has 0 atom stereocenters. The number of imidazole rings is 1. The molecule has 0 saturated carbocycles. The Morgan fingerprint density at radius 1 is 0.909 bits per heavy atom. The smallest absolute Gasteiger partial charge is 0.224 e. The molecule has 0 spiro atoms. The second-order valence-corrected chi connectivity index (χ2v) is 7.91. The van der Waals surface area contributed by atoms with Crippen molar-refractivity contribution >= 4 is 16.9 Å². The zero-order valence-electron chi connectivity index (χ0n) is 19.1. The van der Waals surface area contributed by atoms with Crippen molar-refractivity contribution in [2.24, 2.45) is 0 Å². The number of amides is 1. The molecule has 0 unspecified atom stereocenters. The standard InChI is InChI=1S/C27H29N3O3/c1-32-24-15-14-21(17-25(24)33-2)18-27(31)28-16-8-13-26-29-22-11-6-7-12-23(22)30(26)19-20-9-4-3-5-10-20/h3-7,9-12,14-15,17H,8,13,16,18-19H2,1-2H3,(H,28,31). The number of carbonyl (C=O) groups is 1. The van der Waals surface area contributed by atoms with Crippen LogP contribution in [0.2, 0.25) is 0 Å². The van der Waals surface area contributed by atoms with Crippen LogP contribution in [0.4, 0.5) is 0 Å². The molecule has 0 aliphatic heterocycles. The first kappa shape index (κ1) is 22.4. The lowest BCUT2D eigenvalue weighted by Crippen LogP contribution is -2.26. The summed E-state index contributed by atoms with van der Waals surface area (Å²) in [6, 6.07) is 24.2. The van der Waals surface area contributed by atoms with Crippen molar-refractivity contribution in [3.05, 3.63) is 89.7 Å². The van der Waals surface area contributed by atoms with Crippen LogP contribution in [0.3, 0.4) is 0 Å². The number of para-hydroxylation sites is 2. The minimum atomic E-state index is -0.0139. The number of fused-ring (bicyclic) bond motifs is 1. The Labute approximate surface area is 194 Å². The molecule has 0 radical (unpaired) electrons. The van der Waals surface area contributed by atoms with E-state index in [0.717, 1.165) is 41.8 Å². The quantitative estimate of drug-likeness (QED) is 0.369. The molecule has 6 heteroatoms. The molecule has 0 fully saturated rings. The number of hydrogen-bond acceptors (Lipinski definition) is 4. The summed E-state index contributed by atoms with van der Waals surface area (Å²) >= 11 is 0. The molecular weight excluding hydrogens is 414 g/mol. The van der Waals surface area contributed by atoms with Crippen LogP contribution < -0.4 is 14.8 Å². The number of rotatable bonds is 10. The van der Waals surface area contributed by atoms with Crippen molar-refractivity contribution in [3.63, 3.8) is 0 Å². The van der Waals surface area contributed by atoms with Gasteiger partial charge in [0.1, 0.15) is 5.82 Å². The predicted molar refractivity (Wildman–Crippen MR) is 130 cm³/mol. The number of aromatic nitrogens is 2. The van der Waals surface area contributed by atoms with E-state index in [9.17, 15) is 4.79 Å². The lowest BCUT2D eigenvalue weighted by molar-refractivity contribution is -0.120. The highest BCUT2D eigenvalue weighted by Gasteiger charge is 2.12. The zero-order valence-corrected chi connectivity index (χ0v) is 19.1. The lowest BCUT2D eigenvalue weighted by Gasteiger charge is -2.11. The SMILES string of the molecule is COc1ccc(CC(=O)NCCCc2nc3ccccc3n2Cc2ccccc2)cc1OC. The van der Waals surface area contributed by atoms with Gasteiger partial charge in [0.25, 0.3) is 0 Å². The number of carbonyl (C=O) groups excluding carboxylic acids is 1. The normalized spacial score (nSPS) is 10.8. The molecule has 33 heavy (non-hydrogen) atoms. The Balaban J connectivity index is 1.35. The first-order chi connectivity index (χ1) is 16.2. The van der Waals surface area contributed by atoms with Gasteiger partial charge in [-0.1, -0.05) is 48.5 Å². The predicted octanol–water partition coefficient (Wildman–Crippen LogP) is 4.39. The van der Waals surface area contributed by atoms with Crippen molar-refractivity contribution in [1.29, 1.82) is 0 Å². The van der Waals surface area contributed by atoms with Crippen LogP contribution >= 0.6 is 0 Å². The number of nitrogens with zero attached hydrogens (tertiary/aromatic N) is 2. The summed E-state index contributed by atoms with van der Waals surface area (Å²) in [5, 5.41) is 3.02. The highest BCUT2D eigenvalue weighted by Crippen LogP contribution is 2.27. The Bertz CT molecular complexity index is 1220. The summed E-state index contributed by atoms with van der Waals surface area (Å²) in [5.41, 5.74) is 4.26. The van der Waals surface area contributed by atoms with E-state index < -0.39 is 0 Å². The average molecular weight is 444 g/mol. The Morgan fingerprint density at radius 3 is 2.45 bits per heavy atom. The van der Waals surface area contributed by atoms with Crippen molar-refractivity contribution in [2.75, 3.05) is 20.8 Å². The summed E-state index contributed by atoms with van der Waals surface area (Å²) in [7, 11) is 3.19. The Kier molecular flexibility index (Phi) is 7.25. The van der Waals surface area contributed by atoms with E-state index >= 15 is 0 Å². The summed E-state index contributed by atoms with van der Waals surface area (Å²) in [5.74, 6) is 2.30. The van der Waals surface area contributed by atoms with Gasteiger partial charge in [-0.05, 0) is 41.8 Å². The maximum atomic E-state index is 12.4. The largest absolute Gasteiger partial charge is 0.493 e. The molecular formula is C27H29N3O3. The highest BCUT2D eigenvalue weighted by atomic mass is 16.5. The maximum absolute atomic E-state index is 12.4. The number of methoxy groups -OCH3 is 2. The van der Waals surface area contributed by atoms with E-state index in [4.69, 9.17) is 14.5 Å². The van der Waals surface area contributed by atoms with E-state index in [1.165, 1.54) is 5.56 Å². The monoisotopic (exact) mass is 443 g/mol. The van der Waals surface area contributed by atoms with Crippen LogP contribution in [0.15, 0.2) is 72.8 Å². The molecule has 170 valence electrons. The molecule has 0 bridgehead atoms. The first-order valence-corrected chi connectivity index (χ1v) is 11.1. The molecule has 0 aliphatic carbocycles. The number of benzene rings is 3. The van der Waals surface area contributed by atoms with E-state index in [0.29, 0.717) is 24.5 Å². The fourth-order valence-corrected chi connectivity index (χ4v) is 3.97. The molecule has 3 aromatic carbocycles. The maximum Gasteiger partial charge on any atom is 0.224 e. The van der Waals surface area contributed by atoms with E-state index in [1.807, 2.05) is 42.5 Å².